The van der Waals surface area contributed by atoms with Gasteiger partial charge in [0.05, 0.1) is 17.0 Å². The van der Waals surface area contributed by atoms with E-state index in [1.165, 1.54) is 35.0 Å². The van der Waals surface area contributed by atoms with E-state index in [9.17, 15) is 24.4 Å². The highest BCUT2D eigenvalue weighted by atomic mass is 35.5. The van der Waals surface area contributed by atoms with Gasteiger partial charge >= 0.3 is 5.97 Å². The number of fused-ring (bicyclic) bond motifs is 1. The number of carboxylic acid groups (broad SMARTS) is 1. The summed E-state index contributed by atoms with van der Waals surface area (Å²) in [7, 11) is 0. The second-order valence-electron chi connectivity index (χ2n) is 5.01. The standard InChI is InChI=1S/C15H9ClFN3O4/c16-9-2-1-8(12(17)5-9)7-19-13-6-10(20(23)24)3-4-11(13)14(18-19)15(21)22/h1-6H,7H2,(H,21,22). The maximum atomic E-state index is 14.0. The first-order chi connectivity index (χ1) is 11.4. The van der Waals surface area contributed by atoms with Crippen LogP contribution in [0.3, 0.4) is 0 Å². The van der Waals surface area contributed by atoms with E-state index >= 15 is 0 Å². The number of aromatic nitrogens is 2. The molecule has 1 N–H and O–H groups in total. The number of hydrogen-bond donors (Lipinski definition) is 1. The summed E-state index contributed by atoms with van der Waals surface area (Å²) in [5.41, 5.74) is -0.00497. The van der Waals surface area contributed by atoms with Gasteiger partial charge < -0.3 is 5.11 Å². The number of rotatable bonds is 4. The summed E-state index contributed by atoms with van der Waals surface area (Å²) >= 11 is 5.70. The molecule has 0 saturated carbocycles. The van der Waals surface area contributed by atoms with Crippen LogP contribution in [0.4, 0.5) is 10.1 Å². The molecule has 9 heteroatoms. The summed E-state index contributed by atoms with van der Waals surface area (Å²) < 4.78 is 15.2. The van der Waals surface area contributed by atoms with Gasteiger partial charge in [-0.3, -0.25) is 14.8 Å². The van der Waals surface area contributed by atoms with Crippen molar-refractivity contribution < 1.29 is 19.2 Å². The molecule has 3 rings (SSSR count). The lowest BCUT2D eigenvalue weighted by molar-refractivity contribution is -0.384. The van der Waals surface area contributed by atoms with E-state index in [2.05, 4.69) is 5.10 Å². The third-order valence-corrected chi connectivity index (χ3v) is 3.72. The van der Waals surface area contributed by atoms with Gasteiger partial charge in [-0.2, -0.15) is 5.10 Å². The van der Waals surface area contributed by atoms with Gasteiger partial charge in [0.15, 0.2) is 5.69 Å². The Morgan fingerprint density at radius 2 is 2.08 bits per heavy atom. The van der Waals surface area contributed by atoms with Crippen LogP contribution in [0.15, 0.2) is 36.4 Å². The minimum absolute atomic E-state index is 0.0893. The van der Waals surface area contributed by atoms with Gasteiger partial charge in [0, 0.05) is 28.1 Å². The zero-order valence-corrected chi connectivity index (χ0v) is 12.7. The van der Waals surface area contributed by atoms with Crippen molar-refractivity contribution in [1.29, 1.82) is 0 Å². The molecular formula is C15H9ClFN3O4. The van der Waals surface area contributed by atoms with Crippen molar-refractivity contribution in [2.45, 2.75) is 6.54 Å². The van der Waals surface area contributed by atoms with E-state index in [0.717, 1.165) is 6.07 Å². The van der Waals surface area contributed by atoms with Gasteiger partial charge in [0.1, 0.15) is 5.82 Å². The number of halogens is 2. The van der Waals surface area contributed by atoms with E-state index < -0.39 is 16.7 Å². The second-order valence-corrected chi connectivity index (χ2v) is 5.44. The molecule has 2 aromatic carbocycles. The van der Waals surface area contributed by atoms with Crippen LogP contribution in [0.2, 0.25) is 5.02 Å². The number of aromatic carboxylic acids is 1. The number of carboxylic acids is 1. The number of non-ortho nitro benzene ring substituents is 1. The first-order valence-electron chi connectivity index (χ1n) is 6.69. The van der Waals surface area contributed by atoms with Gasteiger partial charge in [0.25, 0.3) is 5.69 Å². The highest BCUT2D eigenvalue weighted by Gasteiger charge is 2.20. The molecule has 0 aliphatic rings. The van der Waals surface area contributed by atoms with Crippen molar-refractivity contribution in [2.75, 3.05) is 0 Å². The molecule has 0 unspecified atom stereocenters. The summed E-state index contributed by atoms with van der Waals surface area (Å²) in [6, 6.07) is 7.79. The molecule has 0 aliphatic carbocycles. The van der Waals surface area contributed by atoms with Crippen molar-refractivity contribution >= 4 is 34.2 Å². The van der Waals surface area contributed by atoms with Crippen molar-refractivity contribution in [3.05, 3.63) is 68.6 Å². The average Bonchev–Trinajstić information content (AvgIpc) is 2.88. The predicted octanol–water partition coefficient (Wildman–Crippen LogP) is 3.48. The fraction of sp³-hybridized carbons (Fsp3) is 0.0667. The van der Waals surface area contributed by atoms with Crippen molar-refractivity contribution in [2.24, 2.45) is 0 Å². The fourth-order valence-corrected chi connectivity index (χ4v) is 2.52. The Morgan fingerprint density at radius 3 is 2.71 bits per heavy atom. The Bertz CT molecular complexity index is 986. The topological polar surface area (TPSA) is 98.3 Å². The predicted molar refractivity (Wildman–Crippen MR) is 83.9 cm³/mol. The van der Waals surface area contributed by atoms with E-state index in [4.69, 9.17) is 11.6 Å². The van der Waals surface area contributed by atoms with Crippen LogP contribution in [0.1, 0.15) is 16.1 Å². The van der Waals surface area contributed by atoms with Crippen molar-refractivity contribution in [3.8, 4) is 0 Å². The van der Waals surface area contributed by atoms with Crippen molar-refractivity contribution in [3.63, 3.8) is 0 Å². The molecular weight excluding hydrogens is 341 g/mol. The normalized spacial score (nSPS) is 10.9. The minimum atomic E-state index is -1.27. The molecule has 122 valence electrons. The number of carbonyl (C=O) groups is 1. The number of benzene rings is 2. The molecule has 3 aromatic rings. The molecule has 1 aromatic heterocycles. The number of nitro benzene ring substituents is 1. The molecule has 24 heavy (non-hydrogen) atoms. The molecule has 0 aliphatic heterocycles. The zero-order chi connectivity index (χ0) is 17.4. The molecule has 1 heterocycles. The van der Waals surface area contributed by atoms with E-state index in [-0.39, 0.29) is 39.4 Å². The molecule has 0 spiro atoms. The van der Waals surface area contributed by atoms with E-state index in [0.29, 0.717) is 0 Å². The van der Waals surface area contributed by atoms with E-state index in [1.54, 1.807) is 0 Å². The summed E-state index contributed by atoms with van der Waals surface area (Å²) in [6.45, 7) is -0.0893. The van der Waals surface area contributed by atoms with Gasteiger partial charge in [-0.25, -0.2) is 9.18 Å². The maximum absolute atomic E-state index is 14.0. The quantitative estimate of drug-likeness (QED) is 0.574. The molecule has 0 atom stereocenters. The average molecular weight is 350 g/mol. The Hall–Kier alpha value is -3.00. The van der Waals surface area contributed by atoms with Crippen LogP contribution >= 0.6 is 11.6 Å². The number of hydrogen-bond acceptors (Lipinski definition) is 4. The highest BCUT2D eigenvalue weighted by molar-refractivity contribution is 6.30. The molecule has 7 nitrogen and oxygen atoms in total. The molecule has 0 saturated heterocycles. The first kappa shape index (κ1) is 15.9. The number of nitro groups is 1. The van der Waals surface area contributed by atoms with Crippen LogP contribution in [-0.2, 0) is 6.54 Å². The lowest BCUT2D eigenvalue weighted by Crippen LogP contribution is -2.06. The van der Waals surface area contributed by atoms with Gasteiger partial charge in [-0.05, 0) is 18.2 Å². The van der Waals surface area contributed by atoms with Crippen LogP contribution in [0.5, 0.6) is 0 Å². The smallest absolute Gasteiger partial charge is 0.357 e. The van der Waals surface area contributed by atoms with Crippen LogP contribution < -0.4 is 0 Å². The molecule has 0 radical (unpaired) electrons. The summed E-state index contributed by atoms with van der Waals surface area (Å²) in [5.74, 6) is -1.85. The SMILES string of the molecule is O=C(O)c1nn(Cc2ccc(Cl)cc2F)c2cc([N+](=O)[O-])ccc12. The summed E-state index contributed by atoms with van der Waals surface area (Å²) in [4.78, 5) is 21.6. The van der Waals surface area contributed by atoms with Gasteiger partial charge in [-0.15, -0.1) is 0 Å². The first-order valence-corrected chi connectivity index (χ1v) is 7.07. The third-order valence-electron chi connectivity index (χ3n) is 3.48. The maximum Gasteiger partial charge on any atom is 0.357 e. The minimum Gasteiger partial charge on any atom is -0.476 e. The largest absolute Gasteiger partial charge is 0.476 e. The van der Waals surface area contributed by atoms with Crippen molar-refractivity contribution in [1.82, 2.24) is 9.78 Å². The van der Waals surface area contributed by atoms with Gasteiger partial charge in [-0.1, -0.05) is 17.7 Å². The third kappa shape index (κ3) is 2.79. The Labute approximate surface area is 139 Å². The van der Waals surface area contributed by atoms with E-state index in [1.807, 2.05) is 0 Å². The number of nitrogens with zero attached hydrogens (tertiary/aromatic N) is 3. The van der Waals surface area contributed by atoms with Crippen LogP contribution in [-0.4, -0.2) is 25.8 Å². The lowest BCUT2D eigenvalue weighted by Gasteiger charge is -2.05. The van der Waals surface area contributed by atoms with Gasteiger partial charge in [0.2, 0.25) is 0 Å². The molecule has 0 bridgehead atoms. The second kappa shape index (κ2) is 5.89. The monoisotopic (exact) mass is 349 g/mol. The Balaban J connectivity index is 2.16. The van der Waals surface area contributed by atoms with Crippen LogP contribution in [0, 0.1) is 15.9 Å². The Kier molecular flexibility index (Phi) is 3.90. The van der Waals surface area contributed by atoms with Crippen LogP contribution in [0.25, 0.3) is 10.9 Å². The Morgan fingerprint density at radius 1 is 1.33 bits per heavy atom. The highest BCUT2D eigenvalue weighted by Crippen LogP contribution is 2.25. The lowest BCUT2D eigenvalue weighted by atomic mass is 10.2. The molecule has 0 amide bonds. The summed E-state index contributed by atoms with van der Waals surface area (Å²) in [5, 5.41) is 24.6. The zero-order valence-electron chi connectivity index (χ0n) is 11.9. The molecule has 0 fully saturated rings. The summed E-state index contributed by atoms with van der Waals surface area (Å²) in [6.07, 6.45) is 0. The fourth-order valence-electron chi connectivity index (χ4n) is 2.37.